The highest BCUT2D eigenvalue weighted by Crippen LogP contribution is 2.66. The van der Waals surface area contributed by atoms with Gasteiger partial charge in [0.1, 0.15) is 5.82 Å². The first-order chi connectivity index (χ1) is 10.4. The number of benzene rings is 1. The summed E-state index contributed by atoms with van der Waals surface area (Å²) in [5.41, 5.74) is 14.5. The fourth-order valence-corrected chi connectivity index (χ4v) is 4.79. The highest BCUT2D eigenvalue weighted by Gasteiger charge is 2.66. The molecule has 1 saturated carbocycles. The smallest absolute Gasteiger partial charge is 0.155 e. The number of amidine groups is 1. The summed E-state index contributed by atoms with van der Waals surface area (Å²) in [6.45, 7) is 2.42. The molecule has 1 aromatic carbocycles. The number of methoxy groups -OCH3 is 1. The van der Waals surface area contributed by atoms with Crippen molar-refractivity contribution in [1.82, 2.24) is 0 Å². The van der Waals surface area contributed by atoms with Crippen molar-refractivity contribution in [3.05, 3.63) is 40.0 Å². The predicted molar refractivity (Wildman–Crippen MR) is 84.5 cm³/mol. The lowest BCUT2D eigenvalue weighted by Gasteiger charge is -2.34. The van der Waals surface area contributed by atoms with E-state index in [9.17, 15) is 4.39 Å². The summed E-state index contributed by atoms with van der Waals surface area (Å²) in [5.74, 6) is -0.242. The van der Waals surface area contributed by atoms with Crippen molar-refractivity contribution in [3.63, 3.8) is 0 Å². The van der Waals surface area contributed by atoms with Crippen molar-refractivity contribution in [1.29, 1.82) is 0 Å². The second kappa shape index (κ2) is 5.15. The first-order valence-corrected chi connectivity index (χ1v) is 7.65. The van der Waals surface area contributed by atoms with Crippen molar-refractivity contribution >= 4 is 22.6 Å². The molecule has 0 aromatic heterocycles. The minimum absolute atomic E-state index is 0.132. The molecule has 0 spiro atoms. The van der Waals surface area contributed by atoms with Gasteiger partial charge in [0.15, 0.2) is 5.17 Å². The summed E-state index contributed by atoms with van der Waals surface area (Å²) in [6, 6.07) is 4.30. The van der Waals surface area contributed by atoms with Crippen LogP contribution in [0.25, 0.3) is 10.4 Å². The molecule has 116 valence electrons. The molecule has 0 amide bonds. The van der Waals surface area contributed by atoms with Gasteiger partial charge >= 0.3 is 0 Å². The van der Waals surface area contributed by atoms with E-state index in [-0.39, 0.29) is 16.5 Å². The normalized spacial score (nSPS) is 32.7. The molecule has 2 N–H and O–H groups in total. The molecule has 3 rings (SSSR count). The molecule has 1 aromatic rings. The molecule has 6 nitrogen and oxygen atoms in total. The topological polar surface area (TPSA) is 96.4 Å². The lowest BCUT2D eigenvalue weighted by molar-refractivity contribution is 0.184. The van der Waals surface area contributed by atoms with Crippen LogP contribution >= 0.6 is 11.8 Å². The third-order valence-corrected chi connectivity index (χ3v) is 5.67. The number of fused-ring (bicyclic) bond motifs is 1. The summed E-state index contributed by atoms with van der Waals surface area (Å²) in [5, 5.41) is 3.98. The zero-order chi connectivity index (χ0) is 16.0. The monoisotopic (exact) mass is 321 g/mol. The van der Waals surface area contributed by atoms with Crippen molar-refractivity contribution in [2.75, 3.05) is 13.7 Å². The van der Waals surface area contributed by atoms with Gasteiger partial charge in [-0.2, -0.15) is 0 Å². The summed E-state index contributed by atoms with van der Waals surface area (Å²) >= 11 is 1.50. The Balaban J connectivity index is 2.08. The van der Waals surface area contributed by atoms with Crippen LogP contribution in [0.2, 0.25) is 0 Å². The van der Waals surface area contributed by atoms with Gasteiger partial charge in [0.25, 0.3) is 0 Å². The van der Waals surface area contributed by atoms with E-state index < -0.39 is 5.54 Å². The van der Waals surface area contributed by atoms with Crippen molar-refractivity contribution in [2.45, 2.75) is 23.6 Å². The van der Waals surface area contributed by atoms with Gasteiger partial charge in [-0.3, -0.25) is 4.99 Å². The van der Waals surface area contributed by atoms with Gasteiger partial charge in [0.2, 0.25) is 0 Å². The molecule has 1 heterocycles. The molecular formula is C14H16FN5OS. The van der Waals surface area contributed by atoms with Crippen molar-refractivity contribution in [2.24, 2.45) is 21.8 Å². The number of hydrogen-bond acceptors (Lipinski definition) is 5. The molecule has 1 fully saturated rings. The number of nitrogens with two attached hydrogens (primary N) is 1. The largest absolute Gasteiger partial charge is 0.383 e. The quantitative estimate of drug-likeness (QED) is 0.522. The summed E-state index contributed by atoms with van der Waals surface area (Å²) in [4.78, 5) is 7.27. The van der Waals surface area contributed by atoms with Crippen LogP contribution in [0.1, 0.15) is 18.9 Å². The summed E-state index contributed by atoms with van der Waals surface area (Å²) in [6.07, 6.45) is 0.859. The molecule has 0 bridgehead atoms. The molecule has 8 heteroatoms. The van der Waals surface area contributed by atoms with Crippen LogP contribution in [0.15, 0.2) is 28.3 Å². The first kappa shape index (κ1) is 15.1. The Bertz CT molecular complexity index is 704. The molecule has 1 aliphatic carbocycles. The van der Waals surface area contributed by atoms with Gasteiger partial charge in [0.05, 0.1) is 16.9 Å². The van der Waals surface area contributed by atoms with Crippen LogP contribution in [0.4, 0.5) is 10.1 Å². The van der Waals surface area contributed by atoms with Gasteiger partial charge in [-0.25, -0.2) is 4.39 Å². The van der Waals surface area contributed by atoms with E-state index in [4.69, 9.17) is 16.0 Å². The fraction of sp³-hybridized carbons (Fsp3) is 0.500. The van der Waals surface area contributed by atoms with Crippen LogP contribution in [0.3, 0.4) is 0 Å². The number of rotatable bonds is 4. The molecule has 1 aliphatic heterocycles. The molecule has 22 heavy (non-hydrogen) atoms. The Hall–Kier alpha value is -1.76. The van der Waals surface area contributed by atoms with Crippen molar-refractivity contribution < 1.29 is 9.13 Å². The van der Waals surface area contributed by atoms with Crippen LogP contribution in [0.5, 0.6) is 0 Å². The number of azide groups is 1. The van der Waals surface area contributed by atoms with E-state index in [1.807, 2.05) is 6.92 Å². The average molecular weight is 321 g/mol. The Morgan fingerprint density at radius 3 is 3.09 bits per heavy atom. The van der Waals surface area contributed by atoms with E-state index in [2.05, 4.69) is 15.0 Å². The second-order valence-electron chi connectivity index (χ2n) is 5.81. The van der Waals surface area contributed by atoms with Gasteiger partial charge in [-0.1, -0.05) is 16.9 Å². The van der Waals surface area contributed by atoms with Crippen LogP contribution < -0.4 is 5.73 Å². The third kappa shape index (κ3) is 2.24. The molecule has 0 radical (unpaired) electrons. The summed E-state index contributed by atoms with van der Waals surface area (Å²) < 4.78 is 19.5. The van der Waals surface area contributed by atoms with Crippen LogP contribution in [-0.4, -0.2) is 23.6 Å². The molecule has 0 unspecified atom stereocenters. The van der Waals surface area contributed by atoms with E-state index in [0.717, 1.165) is 6.42 Å². The van der Waals surface area contributed by atoms with Gasteiger partial charge in [-0.15, -0.1) is 0 Å². The Morgan fingerprint density at radius 2 is 2.41 bits per heavy atom. The predicted octanol–water partition coefficient (Wildman–Crippen LogP) is 3.45. The third-order valence-electron chi connectivity index (χ3n) is 4.40. The number of halogens is 1. The van der Waals surface area contributed by atoms with Crippen LogP contribution in [-0.2, 0) is 10.3 Å². The van der Waals surface area contributed by atoms with E-state index >= 15 is 0 Å². The summed E-state index contributed by atoms with van der Waals surface area (Å²) in [7, 11) is 1.65. The lowest BCUT2D eigenvalue weighted by atomic mass is 9.85. The molecular weight excluding hydrogens is 305 g/mol. The minimum atomic E-state index is -0.779. The molecule has 3 atom stereocenters. The SMILES string of the molecule is COC[C@]12C[C@H]1[C@@](C)(c1cc(N=[N+]=[N-])ccc1F)N=C(N)S2. The minimum Gasteiger partial charge on any atom is -0.383 e. The van der Waals surface area contributed by atoms with E-state index in [1.165, 1.54) is 23.9 Å². The van der Waals surface area contributed by atoms with Crippen LogP contribution in [0, 0.1) is 11.7 Å². The maximum absolute atomic E-state index is 14.4. The Morgan fingerprint density at radius 1 is 1.64 bits per heavy atom. The lowest BCUT2D eigenvalue weighted by Crippen LogP contribution is -2.37. The van der Waals surface area contributed by atoms with E-state index in [0.29, 0.717) is 23.0 Å². The molecule has 2 aliphatic rings. The highest BCUT2D eigenvalue weighted by molar-refractivity contribution is 8.15. The standard InChI is InChI=1S/C14H16FN5OS/c1-13(9-5-8(19-20-17)3-4-10(9)15)11-6-14(11,7-21-2)22-12(16)18-13/h3-5,11H,6-7H2,1-2H3,(H2,16,18)/t11-,13+,14+/m0/s1. The average Bonchev–Trinajstić information content (AvgIpc) is 3.16. The van der Waals surface area contributed by atoms with Crippen molar-refractivity contribution in [3.8, 4) is 0 Å². The van der Waals surface area contributed by atoms with E-state index in [1.54, 1.807) is 13.2 Å². The zero-order valence-corrected chi connectivity index (χ0v) is 13.1. The zero-order valence-electron chi connectivity index (χ0n) is 12.3. The first-order valence-electron chi connectivity index (χ1n) is 6.83. The van der Waals surface area contributed by atoms with Gasteiger partial charge in [-0.05, 0) is 37.1 Å². The number of hydrogen-bond donors (Lipinski definition) is 1. The number of thioether (sulfide) groups is 1. The number of ether oxygens (including phenoxy) is 1. The number of nitrogens with zero attached hydrogens (tertiary/aromatic N) is 4. The Kier molecular flexibility index (Phi) is 3.55. The maximum Gasteiger partial charge on any atom is 0.155 e. The maximum atomic E-state index is 14.4. The van der Waals surface area contributed by atoms with Gasteiger partial charge in [0, 0.05) is 29.2 Å². The molecule has 0 saturated heterocycles. The van der Waals surface area contributed by atoms with Gasteiger partial charge < -0.3 is 10.5 Å². The highest BCUT2D eigenvalue weighted by atomic mass is 32.2. The second-order valence-corrected chi connectivity index (χ2v) is 7.24. The Labute approximate surface area is 131 Å². The fourth-order valence-electron chi connectivity index (χ4n) is 3.34. The number of aliphatic imine (C=N–C) groups is 1.